The first-order valence-electron chi connectivity index (χ1n) is 11.6. The molecule has 1 fully saturated rings. The van der Waals surface area contributed by atoms with Crippen LogP contribution in [0.1, 0.15) is 63.2 Å². The lowest BCUT2D eigenvalue weighted by atomic mass is 9.84. The number of anilines is 1. The smallest absolute Gasteiger partial charge is 0.222 e. The summed E-state index contributed by atoms with van der Waals surface area (Å²) < 4.78 is 13.7. The van der Waals surface area contributed by atoms with Gasteiger partial charge in [0.2, 0.25) is 5.91 Å². The van der Waals surface area contributed by atoms with Gasteiger partial charge >= 0.3 is 0 Å². The van der Waals surface area contributed by atoms with Gasteiger partial charge in [0.25, 0.3) is 0 Å². The van der Waals surface area contributed by atoms with E-state index < -0.39 is 0 Å². The predicted molar refractivity (Wildman–Crippen MR) is 127 cm³/mol. The average Bonchev–Trinajstić information content (AvgIpc) is 2.68. The van der Waals surface area contributed by atoms with Crippen LogP contribution in [0.5, 0.6) is 0 Å². The standard InChI is InChI=1S/C26H37FN4O/c1-18(17-26(4,5)6)14-24(32)30-10-12-31(13-11-30)25-23(19(2)28-20(3)29-25)16-21-8-7-9-22(27)15-21/h7-9,15,18H,10-14,16-17H2,1-6H3/t18-/m1/s1. The third kappa shape index (κ3) is 6.50. The Bertz CT molecular complexity index is 945. The first-order chi connectivity index (χ1) is 15.0. The fourth-order valence-electron chi connectivity index (χ4n) is 4.75. The van der Waals surface area contributed by atoms with E-state index in [-0.39, 0.29) is 17.1 Å². The molecule has 0 unspecified atom stereocenters. The molecule has 2 heterocycles. The molecular formula is C26H37FN4O. The summed E-state index contributed by atoms with van der Waals surface area (Å²) in [4.78, 5) is 26.4. The lowest BCUT2D eigenvalue weighted by molar-refractivity contribution is -0.132. The van der Waals surface area contributed by atoms with Crippen LogP contribution < -0.4 is 4.90 Å². The van der Waals surface area contributed by atoms with E-state index in [1.165, 1.54) is 6.07 Å². The third-order valence-electron chi connectivity index (χ3n) is 5.99. The molecule has 32 heavy (non-hydrogen) atoms. The van der Waals surface area contributed by atoms with Crippen molar-refractivity contribution in [3.05, 3.63) is 52.7 Å². The minimum atomic E-state index is -0.234. The van der Waals surface area contributed by atoms with Crippen LogP contribution in [0.15, 0.2) is 24.3 Å². The van der Waals surface area contributed by atoms with E-state index in [1.807, 2.05) is 24.8 Å². The van der Waals surface area contributed by atoms with E-state index in [2.05, 4.69) is 37.6 Å². The van der Waals surface area contributed by atoms with Crippen molar-refractivity contribution in [3.63, 3.8) is 0 Å². The van der Waals surface area contributed by atoms with Crippen molar-refractivity contribution in [3.8, 4) is 0 Å². The largest absolute Gasteiger partial charge is 0.353 e. The van der Waals surface area contributed by atoms with Crippen LogP contribution >= 0.6 is 0 Å². The van der Waals surface area contributed by atoms with Crippen LogP contribution in [0.4, 0.5) is 10.2 Å². The summed E-state index contributed by atoms with van der Waals surface area (Å²) in [5, 5.41) is 0. The monoisotopic (exact) mass is 440 g/mol. The highest BCUT2D eigenvalue weighted by Gasteiger charge is 2.26. The summed E-state index contributed by atoms with van der Waals surface area (Å²) in [6.45, 7) is 15.6. The van der Waals surface area contributed by atoms with Crippen LogP contribution in [0.3, 0.4) is 0 Å². The molecule has 1 aliphatic rings. The Morgan fingerprint density at radius 1 is 1.12 bits per heavy atom. The van der Waals surface area contributed by atoms with E-state index >= 15 is 0 Å². The van der Waals surface area contributed by atoms with Gasteiger partial charge in [-0.1, -0.05) is 39.8 Å². The van der Waals surface area contributed by atoms with Crippen LogP contribution in [-0.4, -0.2) is 47.0 Å². The van der Waals surface area contributed by atoms with E-state index in [9.17, 15) is 9.18 Å². The zero-order chi connectivity index (χ0) is 23.5. The molecule has 0 aliphatic carbocycles. The fraction of sp³-hybridized carbons (Fsp3) is 0.577. The molecule has 2 aromatic rings. The molecule has 6 heteroatoms. The molecule has 5 nitrogen and oxygen atoms in total. The molecule has 1 aromatic carbocycles. The van der Waals surface area contributed by atoms with Crippen molar-refractivity contribution in [2.45, 2.75) is 60.8 Å². The Hall–Kier alpha value is -2.50. The number of rotatable bonds is 6. The molecule has 0 spiro atoms. The molecule has 3 rings (SSSR count). The molecular weight excluding hydrogens is 403 g/mol. The second-order valence-electron chi connectivity index (χ2n) is 10.4. The first-order valence-corrected chi connectivity index (χ1v) is 11.6. The summed E-state index contributed by atoms with van der Waals surface area (Å²) in [6, 6.07) is 6.70. The van der Waals surface area contributed by atoms with Crippen molar-refractivity contribution in [1.82, 2.24) is 14.9 Å². The molecule has 1 amide bonds. The number of hydrogen-bond acceptors (Lipinski definition) is 4. The molecule has 1 aromatic heterocycles. The Morgan fingerprint density at radius 3 is 2.44 bits per heavy atom. The molecule has 0 radical (unpaired) electrons. The number of aromatic nitrogens is 2. The van der Waals surface area contributed by atoms with Gasteiger partial charge in [-0.05, 0) is 49.3 Å². The van der Waals surface area contributed by atoms with Crippen molar-refractivity contribution in [2.24, 2.45) is 11.3 Å². The van der Waals surface area contributed by atoms with E-state index in [0.717, 1.165) is 48.0 Å². The van der Waals surface area contributed by atoms with Crippen molar-refractivity contribution < 1.29 is 9.18 Å². The highest BCUT2D eigenvalue weighted by molar-refractivity contribution is 5.76. The Labute approximate surface area is 192 Å². The van der Waals surface area contributed by atoms with E-state index in [4.69, 9.17) is 4.98 Å². The lowest BCUT2D eigenvalue weighted by Gasteiger charge is -2.37. The number of carbonyl (C=O) groups excluding carboxylic acids is 1. The van der Waals surface area contributed by atoms with E-state index in [1.54, 1.807) is 12.1 Å². The van der Waals surface area contributed by atoms with Gasteiger partial charge in [-0.2, -0.15) is 0 Å². The Kier molecular flexibility index (Phi) is 7.52. The second kappa shape index (κ2) is 9.97. The van der Waals surface area contributed by atoms with Crippen LogP contribution in [-0.2, 0) is 11.2 Å². The van der Waals surface area contributed by atoms with Crippen LogP contribution in [0.2, 0.25) is 0 Å². The maximum Gasteiger partial charge on any atom is 0.222 e. The molecule has 174 valence electrons. The topological polar surface area (TPSA) is 49.3 Å². The number of nitrogens with zero attached hydrogens (tertiary/aromatic N) is 4. The van der Waals surface area contributed by atoms with Gasteiger partial charge in [0, 0.05) is 50.3 Å². The molecule has 0 saturated carbocycles. The number of hydrogen-bond donors (Lipinski definition) is 0. The third-order valence-corrected chi connectivity index (χ3v) is 5.99. The maximum atomic E-state index is 13.7. The van der Waals surface area contributed by atoms with Crippen molar-refractivity contribution in [1.29, 1.82) is 0 Å². The minimum absolute atomic E-state index is 0.234. The molecule has 1 saturated heterocycles. The zero-order valence-electron chi connectivity index (χ0n) is 20.4. The molecule has 1 aliphatic heterocycles. The minimum Gasteiger partial charge on any atom is -0.353 e. The summed E-state index contributed by atoms with van der Waals surface area (Å²) in [7, 11) is 0. The van der Waals surface area contributed by atoms with Gasteiger partial charge in [-0.25, -0.2) is 14.4 Å². The lowest BCUT2D eigenvalue weighted by Crippen LogP contribution is -2.49. The quantitative estimate of drug-likeness (QED) is 0.639. The van der Waals surface area contributed by atoms with E-state index in [0.29, 0.717) is 31.8 Å². The van der Waals surface area contributed by atoms with Crippen LogP contribution in [0.25, 0.3) is 0 Å². The Balaban J connectivity index is 1.69. The SMILES string of the molecule is Cc1nc(C)c(Cc2cccc(F)c2)c(N2CCN(C(=O)C[C@@H](C)CC(C)(C)C)CC2)n1. The molecule has 0 N–H and O–H groups in total. The van der Waals surface area contributed by atoms with Crippen LogP contribution in [0, 0.1) is 31.0 Å². The summed E-state index contributed by atoms with van der Waals surface area (Å²) in [6.07, 6.45) is 2.23. The molecule has 1 atom stereocenters. The average molecular weight is 441 g/mol. The van der Waals surface area contributed by atoms with Gasteiger partial charge in [0.15, 0.2) is 0 Å². The second-order valence-corrected chi connectivity index (χ2v) is 10.4. The number of carbonyl (C=O) groups is 1. The zero-order valence-corrected chi connectivity index (χ0v) is 20.4. The normalized spacial score (nSPS) is 15.7. The highest BCUT2D eigenvalue weighted by Crippen LogP contribution is 2.28. The molecule has 0 bridgehead atoms. The van der Waals surface area contributed by atoms with Gasteiger partial charge in [0.1, 0.15) is 17.5 Å². The summed E-state index contributed by atoms with van der Waals surface area (Å²) in [5.41, 5.74) is 3.09. The number of halogens is 1. The summed E-state index contributed by atoms with van der Waals surface area (Å²) >= 11 is 0. The highest BCUT2D eigenvalue weighted by atomic mass is 19.1. The van der Waals surface area contributed by atoms with Gasteiger partial charge in [0.05, 0.1) is 0 Å². The number of piperazine rings is 1. The first kappa shape index (κ1) is 24.1. The predicted octanol–water partition coefficient (Wildman–Crippen LogP) is 4.93. The van der Waals surface area contributed by atoms with Gasteiger partial charge < -0.3 is 9.80 Å². The van der Waals surface area contributed by atoms with Crippen molar-refractivity contribution >= 4 is 11.7 Å². The van der Waals surface area contributed by atoms with Gasteiger partial charge in [-0.3, -0.25) is 4.79 Å². The number of aryl methyl sites for hydroxylation is 2. The maximum absolute atomic E-state index is 13.7. The fourth-order valence-corrected chi connectivity index (χ4v) is 4.75. The number of benzene rings is 1. The number of amides is 1. The van der Waals surface area contributed by atoms with Crippen molar-refractivity contribution in [2.75, 3.05) is 31.1 Å². The summed E-state index contributed by atoms with van der Waals surface area (Å²) in [5.74, 6) is 2.03. The Morgan fingerprint density at radius 2 is 1.81 bits per heavy atom. The van der Waals surface area contributed by atoms with Gasteiger partial charge in [-0.15, -0.1) is 0 Å².